The van der Waals surface area contributed by atoms with Gasteiger partial charge in [-0.3, -0.25) is 4.79 Å². The first-order chi connectivity index (χ1) is 8.59. The van der Waals surface area contributed by atoms with Gasteiger partial charge in [0.25, 0.3) is 5.91 Å². The summed E-state index contributed by atoms with van der Waals surface area (Å²) < 4.78 is 5.29. The lowest BCUT2D eigenvalue weighted by Crippen LogP contribution is -2.22. The van der Waals surface area contributed by atoms with Gasteiger partial charge in [0.05, 0.1) is 5.88 Å². The molecule has 1 N–H and O–H groups in total. The third-order valence-electron chi connectivity index (χ3n) is 1.82. The number of hydrogen-bond acceptors (Lipinski definition) is 7. The summed E-state index contributed by atoms with van der Waals surface area (Å²) in [5, 5.41) is 14.5. The van der Waals surface area contributed by atoms with Crippen molar-refractivity contribution in [3.63, 3.8) is 0 Å². The number of nitrogens with zero attached hydrogens (tertiary/aromatic N) is 5. The lowest BCUT2D eigenvalue weighted by molar-refractivity contribution is 0.0965. The quantitative estimate of drug-likeness (QED) is 0.676. The first kappa shape index (κ1) is 13.5. The maximum Gasteiger partial charge on any atom is 0.265 e. The molecule has 0 aliphatic rings. The van der Waals surface area contributed by atoms with Gasteiger partial charge in [0.15, 0.2) is 5.15 Å². The molecule has 2 heterocycles. The molecule has 0 aliphatic heterocycles. The minimum absolute atomic E-state index is 0.136. The Balaban J connectivity index is 1.89. The fourth-order valence-corrected chi connectivity index (χ4v) is 2.77. The van der Waals surface area contributed by atoms with Crippen LogP contribution in [0.3, 0.4) is 0 Å². The number of amides is 1. The second-order valence-corrected chi connectivity index (χ2v) is 5.45. The molecular weight excluding hydrogens is 319 g/mol. The average Bonchev–Trinajstić information content (AvgIpc) is 2.88. The molecule has 1 amide bonds. The summed E-state index contributed by atoms with van der Waals surface area (Å²) in [5.41, 5.74) is 0. The summed E-state index contributed by atoms with van der Waals surface area (Å²) in [7, 11) is 1.71. The van der Waals surface area contributed by atoms with Crippen LogP contribution in [-0.2, 0) is 7.05 Å². The smallest absolute Gasteiger partial charge is 0.265 e. The fourth-order valence-electron chi connectivity index (χ4n) is 0.991. The predicted octanol–water partition coefficient (Wildman–Crippen LogP) is 1.45. The van der Waals surface area contributed by atoms with E-state index in [4.69, 9.17) is 23.2 Å². The van der Waals surface area contributed by atoms with Gasteiger partial charge in [-0.25, -0.2) is 4.68 Å². The van der Waals surface area contributed by atoms with Crippen LogP contribution in [0.15, 0.2) is 5.16 Å². The van der Waals surface area contributed by atoms with Gasteiger partial charge in [-0.1, -0.05) is 35.0 Å². The molecule has 0 saturated heterocycles. The molecule has 18 heavy (non-hydrogen) atoms. The van der Waals surface area contributed by atoms with Crippen molar-refractivity contribution in [2.75, 3.05) is 5.88 Å². The molecule has 11 heteroatoms. The van der Waals surface area contributed by atoms with Crippen LogP contribution in [0.5, 0.6) is 0 Å². The first-order valence-electron chi connectivity index (χ1n) is 4.53. The molecule has 0 unspecified atom stereocenters. The van der Waals surface area contributed by atoms with Gasteiger partial charge in [0, 0.05) is 7.05 Å². The number of carbonyl (C=O) groups excluding carboxylic acids is 1. The van der Waals surface area contributed by atoms with E-state index in [1.165, 1.54) is 16.4 Å². The SMILES string of the molecule is Cn1nnnc1SCNC(=O)c1snc(Cl)c1Cl. The average molecular weight is 325 g/mol. The van der Waals surface area contributed by atoms with Crippen LogP contribution >= 0.6 is 46.5 Å². The molecule has 96 valence electrons. The molecule has 0 atom stereocenters. The molecule has 2 aromatic rings. The second kappa shape index (κ2) is 5.83. The van der Waals surface area contributed by atoms with Crippen LogP contribution in [0.1, 0.15) is 9.67 Å². The van der Waals surface area contributed by atoms with E-state index in [9.17, 15) is 4.79 Å². The van der Waals surface area contributed by atoms with E-state index in [2.05, 4.69) is 25.2 Å². The highest BCUT2D eigenvalue weighted by Crippen LogP contribution is 2.28. The van der Waals surface area contributed by atoms with E-state index in [1.807, 2.05) is 0 Å². The summed E-state index contributed by atoms with van der Waals surface area (Å²) in [6.45, 7) is 0. The zero-order valence-corrected chi connectivity index (χ0v) is 12.1. The van der Waals surface area contributed by atoms with Crippen LogP contribution in [0, 0.1) is 0 Å². The Bertz CT molecular complexity index is 570. The normalized spacial score (nSPS) is 10.6. The van der Waals surface area contributed by atoms with Crippen LogP contribution < -0.4 is 5.32 Å². The Morgan fingerprint density at radius 1 is 1.56 bits per heavy atom. The van der Waals surface area contributed by atoms with Gasteiger partial charge < -0.3 is 5.32 Å². The zero-order valence-electron chi connectivity index (χ0n) is 8.92. The molecule has 0 aliphatic carbocycles. The number of carbonyl (C=O) groups is 1. The van der Waals surface area contributed by atoms with Crippen LogP contribution in [-0.4, -0.2) is 36.4 Å². The number of nitrogens with one attached hydrogen (secondary N) is 1. The molecule has 0 aromatic carbocycles. The Morgan fingerprint density at radius 2 is 2.33 bits per heavy atom. The van der Waals surface area contributed by atoms with Gasteiger partial charge in [-0.15, -0.1) is 5.10 Å². The lowest BCUT2D eigenvalue weighted by atomic mass is 10.4. The summed E-state index contributed by atoms with van der Waals surface area (Å²) in [4.78, 5) is 12.0. The maximum absolute atomic E-state index is 11.7. The number of aromatic nitrogens is 5. The van der Waals surface area contributed by atoms with Crippen molar-refractivity contribution in [1.29, 1.82) is 0 Å². The third-order valence-corrected chi connectivity index (χ3v) is 4.51. The molecule has 0 bridgehead atoms. The molecular formula is C7H6Cl2N6OS2. The van der Waals surface area contributed by atoms with Crippen LogP contribution in [0.25, 0.3) is 0 Å². The first-order valence-corrected chi connectivity index (χ1v) is 7.05. The number of thioether (sulfide) groups is 1. The summed E-state index contributed by atoms with van der Waals surface area (Å²) >= 11 is 13.7. The van der Waals surface area contributed by atoms with Crippen molar-refractivity contribution in [1.82, 2.24) is 29.9 Å². The Hall–Kier alpha value is -0.900. The van der Waals surface area contributed by atoms with Crippen molar-refractivity contribution in [2.45, 2.75) is 5.16 Å². The number of tetrazole rings is 1. The summed E-state index contributed by atoms with van der Waals surface area (Å²) in [6.07, 6.45) is 0. The number of hydrogen-bond donors (Lipinski definition) is 1. The topological polar surface area (TPSA) is 85.6 Å². The van der Waals surface area contributed by atoms with Crippen molar-refractivity contribution in [2.24, 2.45) is 7.05 Å². The Kier molecular flexibility index (Phi) is 4.38. The number of halogens is 2. The predicted molar refractivity (Wildman–Crippen MR) is 69.1 cm³/mol. The minimum atomic E-state index is -0.327. The molecule has 0 saturated carbocycles. The summed E-state index contributed by atoms with van der Waals surface area (Å²) in [5.74, 6) is -0.00848. The van der Waals surface area contributed by atoms with Crippen molar-refractivity contribution < 1.29 is 4.79 Å². The van der Waals surface area contributed by atoms with Crippen molar-refractivity contribution in [3.05, 3.63) is 15.1 Å². The fraction of sp³-hybridized carbons (Fsp3) is 0.286. The second-order valence-electron chi connectivity index (χ2n) is 3.00. The highest BCUT2D eigenvalue weighted by atomic mass is 35.5. The zero-order chi connectivity index (χ0) is 13.1. The van der Waals surface area contributed by atoms with Gasteiger partial charge in [-0.05, 0) is 22.0 Å². The van der Waals surface area contributed by atoms with Crippen LogP contribution in [0.2, 0.25) is 10.2 Å². The monoisotopic (exact) mass is 324 g/mol. The van der Waals surface area contributed by atoms with E-state index in [0.717, 1.165) is 11.5 Å². The Labute approximate surface area is 120 Å². The standard InChI is InChI=1S/C7H6Cl2N6OS2/c1-15-7(11-13-14-15)17-2-10-6(16)4-3(8)5(9)12-18-4/h2H2,1H3,(H,10,16). The molecule has 0 fully saturated rings. The van der Waals surface area contributed by atoms with Crippen molar-refractivity contribution in [3.8, 4) is 0 Å². The molecule has 0 radical (unpaired) electrons. The third kappa shape index (κ3) is 2.91. The van der Waals surface area contributed by atoms with Gasteiger partial charge in [0.2, 0.25) is 5.16 Å². The molecule has 7 nitrogen and oxygen atoms in total. The van der Waals surface area contributed by atoms with Crippen molar-refractivity contribution >= 4 is 52.4 Å². The van der Waals surface area contributed by atoms with E-state index in [0.29, 0.717) is 15.9 Å². The minimum Gasteiger partial charge on any atom is -0.342 e. The number of aryl methyl sites for hydroxylation is 1. The van der Waals surface area contributed by atoms with Gasteiger partial charge in [0.1, 0.15) is 9.90 Å². The van der Waals surface area contributed by atoms with Crippen LogP contribution in [0.4, 0.5) is 0 Å². The number of rotatable bonds is 4. The molecule has 2 aromatic heterocycles. The van der Waals surface area contributed by atoms with Gasteiger partial charge in [-0.2, -0.15) is 4.37 Å². The van der Waals surface area contributed by atoms with E-state index in [1.54, 1.807) is 7.05 Å². The highest BCUT2D eigenvalue weighted by Gasteiger charge is 2.17. The molecule has 0 spiro atoms. The summed E-state index contributed by atoms with van der Waals surface area (Å²) in [6, 6.07) is 0. The van der Waals surface area contributed by atoms with E-state index in [-0.39, 0.29) is 16.1 Å². The van der Waals surface area contributed by atoms with E-state index < -0.39 is 0 Å². The Morgan fingerprint density at radius 3 is 2.89 bits per heavy atom. The lowest BCUT2D eigenvalue weighted by Gasteiger charge is -2.02. The van der Waals surface area contributed by atoms with Gasteiger partial charge >= 0.3 is 0 Å². The van der Waals surface area contributed by atoms with E-state index >= 15 is 0 Å². The largest absolute Gasteiger partial charge is 0.342 e. The highest BCUT2D eigenvalue weighted by molar-refractivity contribution is 7.99. The molecule has 2 rings (SSSR count). The maximum atomic E-state index is 11.7.